The van der Waals surface area contributed by atoms with E-state index in [9.17, 15) is 9.59 Å². The highest BCUT2D eigenvalue weighted by Crippen LogP contribution is 2.18. The minimum absolute atomic E-state index is 0.0144. The summed E-state index contributed by atoms with van der Waals surface area (Å²) in [5, 5.41) is 2.95. The molecule has 1 heterocycles. The van der Waals surface area contributed by atoms with Gasteiger partial charge < -0.3 is 14.8 Å². The van der Waals surface area contributed by atoms with E-state index in [1.54, 1.807) is 7.11 Å². The first kappa shape index (κ1) is 19.2. The molecule has 0 spiro atoms. The number of piperidine rings is 1. The summed E-state index contributed by atoms with van der Waals surface area (Å²) in [5.41, 5.74) is 1.07. The molecule has 138 valence electrons. The largest absolute Gasteiger partial charge is 0.496 e. The van der Waals surface area contributed by atoms with Crippen LogP contribution in [-0.2, 0) is 20.7 Å². The summed E-state index contributed by atoms with van der Waals surface area (Å²) in [4.78, 5) is 26.0. The van der Waals surface area contributed by atoms with E-state index < -0.39 is 0 Å². The van der Waals surface area contributed by atoms with Crippen molar-refractivity contribution >= 4 is 11.9 Å². The fraction of sp³-hybridized carbons (Fsp3) is 0.579. The van der Waals surface area contributed by atoms with E-state index in [1.165, 1.54) is 0 Å². The van der Waals surface area contributed by atoms with E-state index in [-0.39, 0.29) is 17.8 Å². The van der Waals surface area contributed by atoms with Crippen LogP contribution in [0.4, 0.5) is 0 Å². The molecule has 2 rings (SSSR count). The number of nitrogens with one attached hydrogen (secondary N) is 1. The Bertz CT molecular complexity index is 576. The zero-order valence-corrected chi connectivity index (χ0v) is 15.1. The van der Waals surface area contributed by atoms with Crippen LogP contribution in [0.25, 0.3) is 0 Å². The van der Waals surface area contributed by atoms with Crippen molar-refractivity contribution in [2.45, 2.75) is 26.2 Å². The summed E-state index contributed by atoms with van der Waals surface area (Å²) in [5.74, 6) is 0.559. The molecule has 0 aromatic heterocycles. The predicted molar refractivity (Wildman–Crippen MR) is 95.5 cm³/mol. The lowest BCUT2D eigenvalue weighted by Gasteiger charge is -2.30. The molecule has 0 radical (unpaired) electrons. The van der Waals surface area contributed by atoms with Crippen LogP contribution in [0.15, 0.2) is 24.3 Å². The van der Waals surface area contributed by atoms with Gasteiger partial charge in [0.1, 0.15) is 5.75 Å². The van der Waals surface area contributed by atoms with Crippen molar-refractivity contribution in [2.75, 3.05) is 39.9 Å². The van der Waals surface area contributed by atoms with Gasteiger partial charge in [-0.25, -0.2) is 0 Å². The lowest BCUT2D eigenvalue weighted by molar-refractivity contribution is -0.150. The van der Waals surface area contributed by atoms with Crippen LogP contribution in [-0.4, -0.2) is 56.7 Å². The predicted octanol–water partition coefficient (Wildman–Crippen LogP) is 1.63. The Hall–Kier alpha value is -2.08. The second-order valence-electron chi connectivity index (χ2n) is 6.24. The first-order valence-corrected chi connectivity index (χ1v) is 8.91. The number of esters is 1. The lowest BCUT2D eigenvalue weighted by atomic mass is 9.98. The van der Waals surface area contributed by atoms with E-state index in [4.69, 9.17) is 9.47 Å². The molecule has 0 bridgehead atoms. The molecule has 1 aromatic carbocycles. The van der Waals surface area contributed by atoms with Gasteiger partial charge in [0.15, 0.2) is 0 Å². The average Bonchev–Trinajstić information content (AvgIpc) is 2.62. The van der Waals surface area contributed by atoms with Crippen LogP contribution in [0.2, 0.25) is 0 Å². The number of para-hydroxylation sites is 1. The summed E-state index contributed by atoms with van der Waals surface area (Å²) in [7, 11) is 1.65. The van der Waals surface area contributed by atoms with E-state index in [0.717, 1.165) is 37.1 Å². The second-order valence-corrected chi connectivity index (χ2v) is 6.24. The van der Waals surface area contributed by atoms with Gasteiger partial charge in [-0.15, -0.1) is 0 Å². The lowest BCUT2D eigenvalue weighted by Crippen LogP contribution is -2.44. The molecule has 1 unspecified atom stereocenters. The Labute approximate surface area is 149 Å². The van der Waals surface area contributed by atoms with Gasteiger partial charge in [-0.3, -0.25) is 14.5 Å². The number of carbonyl (C=O) groups excluding carboxylic acids is 2. The maximum atomic E-state index is 12.2. The average molecular weight is 348 g/mol. The van der Waals surface area contributed by atoms with Gasteiger partial charge in [0, 0.05) is 13.1 Å². The Morgan fingerprint density at radius 3 is 2.88 bits per heavy atom. The third kappa shape index (κ3) is 6.05. The number of hydrogen-bond acceptors (Lipinski definition) is 5. The number of hydrogen-bond donors (Lipinski definition) is 1. The number of likely N-dealkylation sites (tertiary alicyclic amines) is 1. The number of benzene rings is 1. The molecule has 1 aliphatic heterocycles. The first-order valence-electron chi connectivity index (χ1n) is 8.91. The van der Waals surface area contributed by atoms with Gasteiger partial charge in [0.25, 0.3) is 0 Å². The third-order valence-corrected chi connectivity index (χ3v) is 4.40. The van der Waals surface area contributed by atoms with Crippen LogP contribution < -0.4 is 10.1 Å². The molecule has 0 saturated carbocycles. The summed E-state index contributed by atoms with van der Waals surface area (Å²) in [6.45, 7) is 4.54. The fourth-order valence-electron chi connectivity index (χ4n) is 3.16. The highest BCUT2D eigenvalue weighted by molar-refractivity contribution is 5.78. The number of nitrogens with zero attached hydrogens (tertiary/aromatic N) is 1. The molecule has 1 aromatic rings. The van der Waals surface area contributed by atoms with Crippen molar-refractivity contribution in [3.05, 3.63) is 29.8 Å². The highest BCUT2D eigenvalue weighted by Gasteiger charge is 2.27. The SMILES string of the molecule is CCOC(=O)C1CCCN(CC(=O)NCCc2ccccc2OC)C1. The number of rotatable bonds is 8. The molecule has 1 atom stereocenters. The zero-order valence-electron chi connectivity index (χ0n) is 15.1. The third-order valence-electron chi connectivity index (χ3n) is 4.40. The smallest absolute Gasteiger partial charge is 0.310 e. The van der Waals surface area contributed by atoms with Gasteiger partial charge >= 0.3 is 5.97 Å². The Morgan fingerprint density at radius 1 is 1.32 bits per heavy atom. The Kier molecular flexibility index (Phi) is 7.73. The van der Waals surface area contributed by atoms with Gasteiger partial charge in [-0.1, -0.05) is 18.2 Å². The molecule has 6 heteroatoms. The fourth-order valence-corrected chi connectivity index (χ4v) is 3.16. The van der Waals surface area contributed by atoms with Crippen LogP contribution in [0.3, 0.4) is 0 Å². The maximum Gasteiger partial charge on any atom is 0.310 e. The second kappa shape index (κ2) is 10.0. The van der Waals surface area contributed by atoms with Crippen molar-refractivity contribution in [2.24, 2.45) is 5.92 Å². The van der Waals surface area contributed by atoms with Crippen molar-refractivity contribution in [1.82, 2.24) is 10.2 Å². The van der Waals surface area contributed by atoms with Crippen molar-refractivity contribution in [3.8, 4) is 5.75 Å². The van der Waals surface area contributed by atoms with Crippen molar-refractivity contribution in [1.29, 1.82) is 0 Å². The summed E-state index contributed by atoms with van der Waals surface area (Å²) >= 11 is 0. The molecule has 0 aliphatic carbocycles. The van der Waals surface area contributed by atoms with Gasteiger partial charge in [0.05, 0.1) is 26.2 Å². The summed E-state index contributed by atoms with van der Waals surface area (Å²) in [6.07, 6.45) is 2.48. The van der Waals surface area contributed by atoms with E-state index >= 15 is 0 Å². The normalized spacial score (nSPS) is 17.8. The quantitative estimate of drug-likeness (QED) is 0.723. The summed E-state index contributed by atoms with van der Waals surface area (Å²) in [6, 6.07) is 7.81. The van der Waals surface area contributed by atoms with Gasteiger partial charge in [-0.2, -0.15) is 0 Å². The van der Waals surface area contributed by atoms with Crippen molar-refractivity contribution in [3.63, 3.8) is 0 Å². The topological polar surface area (TPSA) is 67.9 Å². The molecule has 1 saturated heterocycles. The van der Waals surface area contributed by atoms with Crippen LogP contribution in [0.5, 0.6) is 5.75 Å². The molecule has 1 aliphatic rings. The number of ether oxygens (including phenoxy) is 2. The van der Waals surface area contributed by atoms with Crippen LogP contribution in [0, 0.1) is 5.92 Å². The summed E-state index contributed by atoms with van der Waals surface area (Å²) < 4.78 is 10.4. The van der Waals surface area contributed by atoms with Gasteiger partial charge in [0.2, 0.25) is 5.91 Å². The Balaban J connectivity index is 1.73. The molecule has 1 N–H and O–H groups in total. The molecule has 6 nitrogen and oxygen atoms in total. The molecule has 25 heavy (non-hydrogen) atoms. The molecular weight excluding hydrogens is 320 g/mol. The molecule has 1 fully saturated rings. The molecular formula is C19H28N2O4. The Morgan fingerprint density at radius 2 is 2.12 bits per heavy atom. The first-order chi connectivity index (χ1) is 12.1. The van der Waals surface area contributed by atoms with E-state index in [2.05, 4.69) is 5.32 Å². The minimum atomic E-state index is -0.149. The van der Waals surface area contributed by atoms with E-state index in [0.29, 0.717) is 26.2 Å². The number of carbonyl (C=O) groups is 2. The highest BCUT2D eigenvalue weighted by atomic mass is 16.5. The maximum absolute atomic E-state index is 12.2. The van der Waals surface area contributed by atoms with E-state index in [1.807, 2.05) is 36.1 Å². The minimum Gasteiger partial charge on any atom is -0.496 e. The van der Waals surface area contributed by atoms with Gasteiger partial charge in [-0.05, 0) is 44.4 Å². The molecule has 1 amide bonds. The zero-order chi connectivity index (χ0) is 18.1. The van der Waals surface area contributed by atoms with Crippen molar-refractivity contribution < 1.29 is 19.1 Å². The number of amides is 1. The van der Waals surface area contributed by atoms with Crippen LogP contribution in [0.1, 0.15) is 25.3 Å². The monoisotopic (exact) mass is 348 g/mol. The van der Waals surface area contributed by atoms with Crippen LogP contribution >= 0.6 is 0 Å². The standard InChI is InChI=1S/C19H28N2O4/c1-3-25-19(23)16-8-6-12-21(13-16)14-18(22)20-11-10-15-7-4-5-9-17(15)24-2/h4-5,7,9,16H,3,6,8,10-14H2,1-2H3,(H,20,22). The number of methoxy groups -OCH3 is 1.